The average Bonchev–Trinajstić information content (AvgIpc) is 2.72. The first-order chi connectivity index (χ1) is 10.9. The van der Waals surface area contributed by atoms with Gasteiger partial charge in [0.1, 0.15) is 0 Å². The van der Waals surface area contributed by atoms with Crippen LogP contribution in [0.15, 0.2) is 24.3 Å². The second kappa shape index (κ2) is 7.90. The van der Waals surface area contributed by atoms with E-state index in [0.29, 0.717) is 19.6 Å². The second-order valence-electron chi connectivity index (χ2n) is 5.89. The van der Waals surface area contributed by atoms with Crippen molar-refractivity contribution in [3.05, 3.63) is 29.8 Å². The van der Waals surface area contributed by atoms with E-state index in [9.17, 15) is 13.2 Å². The predicted octanol–water partition coefficient (Wildman–Crippen LogP) is 1.15. The van der Waals surface area contributed by atoms with Crippen LogP contribution in [0.5, 0.6) is 0 Å². The Bertz CT molecular complexity index is 646. The molecule has 1 aliphatic heterocycles. The minimum Gasteiger partial charge on any atom is -0.325 e. The van der Waals surface area contributed by atoms with Gasteiger partial charge in [-0.15, -0.1) is 0 Å². The summed E-state index contributed by atoms with van der Waals surface area (Å²) >= 11 is 0. The molecule has 0 radical (unpaired) electrons. The van der Waals surface area contributed by atoms with Crippen molar-refractivity contribution in [1.82, 2.24) is 9.21 Å². The van der Waals surface area contributed by atoms with Gasteiger partial charge >= 0.3 is 0 Å². The molecule has 1 saturated heterocycles. The zero-order valence-corrected chi connectivity index (χ0v) is 14.6. The Hall–Kier alpha value is -1.44. The summed E-state index contributed by atoms with van der Waals surface area (Å²) in [5, 5.41) is 2.91. The van der Waals surface area contributed by atoms with E-state index in [0.717, 1.165) is 25.1 Å². The molecule has 0 unspecified atom stereocenters. The van der Waals surface area contributed by atoms with Gasteiger partial charge in [-0.3, -0.25) is 9.69 Å². The van der Waals surface area contributed by atoms with E-state index in [2.05, 4.69) is 12.2 Å². The standard InChI is InChI=1S/C16H25N3O3S/c1-3-14-6-4-7-15(12-14)17-16(20)13-18-8-5-9-19(11-10-18)23(2,21)22/h4,6-7,12H,3,5,8-11,13H2,1-2H3,(H,17,20). The predicted molar refractivity (Wildman–Crippen MR) is 91.9 cm³/mol. The number of hydrogen-bond acceptors (Lipinski definition) is 4. The first kappa shape index (κ1) is 17.9. The fraction of sp³-hybridized carbons (Fsp3) is 0.562. The van der Waals surface area contributed by atoms with Crippen LogP contribution in [0.25, 0.3) is 0 Å². The fourth-order valence-electron chi connectivity index (χ4n) is 2.71. The highest BCUT2D eigenvalue weighted by atomic mass is 32.2. The molecule has 0 bridgehead atoms. The van der Waals surface area contributed by atoms with Gasteiger partial charge in [-0.25, -0.2) is 12.7 Å². The van der Waals surface area contributed by atoms with Gasteiger partial charge in [0.2, 0.25) is 15.9 Å². The van der Waals surface area contributed by atoms with Crippen molar-refractivity contribution in [2.75, 3.05) is 44.3 Å². The highest BCUT2D eigenvalue weighted by Gasteiger charge is 2.22. The van der Waals surface area contributed by atoms with Gasteiger partial charge in [-0.05, 0) is 37.1 Å². The lowest BCUT2D eigenvalue weighted by Crippen LogP contribution is -2.37. The van der Waals surface area contributed by atoms with Crippen molar-refractivity contribution in [2.45, 2.75) is 19.8 Å². The van der Waals surface area contributed by atoms with Crippen molar-refractivity contribution >= 4 is 21.6 Å². The average molecular weight is 339 g/mol. The third-order valence-corrected chi connectivity index (χ3v) is 5.31. The maximum Gasteiger partial charge on any atom is 0.238 e. The smallest absolute Gasteiger partial charge is 0.238 e. The zero-order chi connectivity index (χ0) is 16.9. The van der Waals surface area contributed by atoms with Gasteiger partial charge in [0.25, 0.3) is 0 Å². The van der Waals surface area contributed by atoms with Gasteiger partial charge < -0.3 is 5.32 Å². The van der Waals surface area contributed by atoms with E-state index < -0.39 is 10.0 Å². The minimum atomic E-state index is -3.15. The lowest BCUT2D eigenvalue weighted by atomic mass is 10.1. The number of benzene rings is 1. The maximum absolute atomic E-state index is 12.2. The molecule has 1 amide bonds. The molecule has 1 aromatic carbocycles. The van der Waals surface area contributed by atoms with Gasteiger partial charge in [-0.1, -0.05) is 19.1 Å². The van der Waals surface area contributed by atoms with Crippen molar-refractivity contribution in [2.24, 2.45) is 0 Å². The summed E-state index contributed by atoms with van der Waals surface area (Å²) in [5.41, 5.74) is 1.99. The van der Waals surface area contributed by atoms with E-state index in [1.54, 1.807) is 0 Å². The van der Waals surface area contributed by atoms with E-state index in [4.69, 9.17) is 0 Å². The zero-order valence-electron chi connectivity index (χ0n) is 13.8. The van der Waals surface area contributed by atoms with E-state index >= 15 is 0 Å². The summed E-state index contributed by atoms with van der Waals surface area (Å²) in [6, 6.07) is 7.82. The van der Waals surface area contributed by atoms with Crippen LogP contribution in [-0.4, -0.2) is 62.5 Å². The molecule has 1 heterocycles. The Labute approximate surface area is 138 Å². The monoisotopic (exact) mass is 339 g/mol. The number of aryl methyl sites for hydroxylation is 1. The molecule has 0 saturated carbocycles. The number of hydrogen-bond donors (Lipinski definition) is 1. The third-order valence-electron chi connectivity index (χ3n) is 4.00. The molecule has 1 aromatic rings. The topological polar surface area (TPSA) is 69.7 Å². The number of nitrogens with one attached hydrogen (secondary N) is 1. The number of carbonyl (C=O) groups excluding carboxylic acids is 1. The normalized spacial score (nSPS) is 17.7. The van der Waals surface area contributed by atoms with E-state index in [1.165, 1.54) is 16.1 Å². The molecular weight excluding hydrogens is 314 g/mol. The number of sulfonamides is 1. The summed E-state index contributed by atoms with van der Waals surface area (Å²) in [7, 11) is -3.15. The van der Waals surface area contributed by atoms with Crippen molar-refractivity contribution < 1.29 is 13.2 Å². The van der Waals surface area contributed by atoms with Gasteiger partial charge in [-0.2, -0.15) is 0 Å². The summed E-state index contributed by atoms with van der Waals surface area (Å²) in [4.78, 5) is 14.2. The molecule has 23 heavy (non-hydrogen) atoms. The molecule has 0 aliphatic carbocycles. The molecular formula is C16H25N3O3S. The Balaban J connectivity index is 1.88. The first-order valence-corrected chi connectivity index (χ1v) is 9.79. The molecule has 1 aliphatic rings. The third kappa shape index (κ3) is 5.60. The SMILES string of the molecule is CCc1cccc(NC(=O)CN2CCCN(S(C)(=O)=O)CC2)c1. The lowest BCUT2D eigenvalue weighted by molar-refractivity contribution is -0.117. The molecule has 6 nitrogen and oxygen atoms in total. The van der Waals surface area contributed by atoms with Crippen LogP contribution < -0.4 is 5.32 Å². The molecule has 128 valence electrons. The van der Waals surface area contributed by atoms with Crippen LogP contribution in [0, 0.1) is 0 Å². The summed E-state index contributed by atoms with van der Waals surface area (Å²) in [6.07, 6.45) is 2.90. The fourth-order valence-corrected chi connectivity index (χ4v) is 3.58. The Kier molecular flexibility index (Phi) is 6.15. The minimum absolute atomic E-state index is 0.0638. The number of amides is 1. The molecule has 1 N–H and O–H groups in total. The number of nitrogens with zero attached hydrogens (tertiary/aromatic N) is 2. The molecule has 7 heteroatoms. The van der Waals surface area contributed by atoms with Gasteiger partial charge in [0.15, 0.2) is 0 Å². The van der Waals surface area contributed by atoms with Crippen molar-refractivity contribution in [3.8, 4) is 0 Å². The van der Waals surface area contributed by atoms with Crippen LogP contribution in [0.1, 0.15) is 18.9 Å². The summed E-state index contributed by atoms with van der Waals surface area (Å²) < 4.78 is 24.7. The summed E-state index contributed by atoms with van der Waals surface area (Å²) in [6.45, 7) is 4.64. The summed E-state index contributed by atoms with van der Waals surface area (Å²) in [5.74, 6) is -0.0638. The molecule has 1 fully saturated rings. The van der Waals surface area contributed by atoms with Crippen LogP contribution in [0.2, 0.25) is 0 Å². The van der Waals surface area contributed by atoms with Crippen LogP contribution in [0.3, 0.4) is 0 Å². The lowest BCUT2D eigenvalue weighted by Gasteiger charge is -2.20. The number of rotatable bonds is 5. The van der Waals surface area contributed by atoms with Gasteiger partial charge in [0.05, 0.1) is 12.8 Å². The molecule has 0 atom stereocenters. The van der Waals surface area contributed by atoms with Crippen LogP contribution in [-0.2, 0) is 21.2 Å². The van der Waals surface area contributed by atoms with E-state index in [1.807, 2.05) is 29.2 Å². The highest BCUT2D eigenvalue weighted by Crippen LogP contribution is 2.12. The van der Waals surface area contributed by atoms with Crippen molar-refractivity contribution in [1.29, 1.82) is 0 Å². The maximum atomic E-state index is 12.2. The Morgan fingerprint density at radius 3 is 2.70 bits per heavy atom. The van der Waals surface area contributed by atoms with Crippen LogP contribution >= 0.6 is 0 Å². The Morgan fingerprint density at radius 2 is 2.00 bits per heavy atom. The van der Waals surface area contributed by atoms with Crippen LogP contribution in [0.4, 0.5) is 5.69 Å². The molecule has 0 aromatic heterocycles. The quantitative estimate of drug-likeness (QED) is 0.874. The Morgan fingerprint density at radius 1 is 1.22 bits per heavy atom. The number of anilines is 1. The second-order valence-corrected chi connectivity index (χ2v) is 7.88. The first-order valence-electron chi connectivity index (χ1n) is 7.94. The van der Waals surface area contributed by atoms with Crippen molar-refractivity contribution in [3.63, 3.8) is 0 Å². The molecule has 0 spiro atoms. The largest absolute Gasteiger partial charge is 0.325 e. The van der Waals surface area contributed by atoms with Gasteiger partial charge in [0, 0.05) is 25.3 Å². The van der Waals surface area contributed by atoms with E-state index in [-0.39, 0.29) is 12.5 Å². The molecule has 2 rings (SSSR count). The highest BCUT2D eigenvalue weighted by molar-refractivity contribution is 7.88. The number of carbonyl (C=O) groups is 1.